The molecule has 0 spiro atoms. The molecule has 0 saturated carbocycles. The summed E-state index contributed by atoms with van der Waals surface area (Å²) in [5.74, 6) is -0.00507. The van der Waals surface area contributed by atoms with Gasteiger partial charge in [0.1, 0.15) is 18.2 Å². The quantitative estimate of drug-likeness (QED) is 0.312. The fraction of sp³-hybridized carbons (Fsp3) is 0.231. The van der Waals surface area contributed by atoms with Crippen LogP contribution in [0.3, 0.4) is 0 Å². The third-order valence-corrected chi connectivity index (χ3v) is 5.70. The number of halogens is 4. The molecule has 4 aromatic rings. The van der Waals surface area contributed by atoms with Crippen LogP contribution in [0.25, 0.3) is 10.9 Å². The van der Waals surface area contributed by atoms with Gasteiger partial charge in [0.25, 0.3) is 5.56 Å². The van der Waals surface area contributed by atoms with E-state index in [9.17, 15) is 22.4 Å². The third kappa shape index (κ3) is 5.51. The van der Waals surface area contributed by atoms with Crippen molar-refractivity contribution < 1.29 is 22.3 Å². The zero-order chi connectivity index (χ0) is 25.2. The second-order valence-corrected chi connectivity index (χ2v) is 8.13. The van der Waals surface area contributed by atoms with Crippen LogP contribution in [0, 0.1) is 12.7 Å². The molecule has 182 valence electrons. The van der Waals surface area contributed by atoms with Gasteiger partial charge in [-0.25, -0.2) is 9.37 Å². The summed E-state index contributed by atoms with van der Waals surface area (Å²) in [6.45, 7) is -0.135. The summed E-state index contributed by atoms with van der Waals surface area (Å²) in [5, 5.41) is 0.304. The highest BCUT2D eigenvalue weighted by Crippen LogP contribution is 2.27. The van der Waals surface area contributed by atoms with Crippen LogP contribution in [0.15, 0.2) is 77.6 Å². The first-order valence-corrected chi connectivity index (χ1v) is 10.9. The van der Waals surface area contributed by atoms with Crippen molar-refractivity contribution in [2.75, 3.05) is 25.2 Å². The SMILES string of the molecule is Cc1nc2ccc(N(C)c3ccc(F)cc3)cc2c(=O)n1C(COCC(F)(F)F)c1ccccc1. The minimum absolute atomic E-state index is 0.304. The molecule has 0 bridgehead atoms. The lowest BCUT2D eigenvalue weighted by atomic mass is 10.1. The summed E-state index contributed by atoms with van der Waals surface area (Å²) in [6, 6.07) is 19.0. The Morgan fingerprint density at radius 2 is 1.66 bits per heavy atom. The molecule has 5 nitrogen and oxygen atoms in total. The molecule has 0 aliphatic carbocycles. The molecule has 1 unspecified atom stereocenters. The minimum Gasteiger partial charge on any atom is -0.370 e. The Kier molecular flexibility index (Phi) is 6.88. The minimum atomic E-state index is -4.48. The van der Waals surface area contributed by atoms with Crippen molar-refractivity contribution in [3.8, 4) is 0 Å². The molecular formula is C26H23F4N3O2. The van der Waals surface area contributed by atoms with Gasteiger partial charge in [-0.15, -0.1) is 0 Å². The highest BCUT2D eigenvalue weighted by atomic mass is 19.4. The molecule has 4 rings (SSSR count). The van der Waals surface area contributed by atoms with E-state index < -0.39 is 24.4 Å². The molecule has 0 aliphatic rings. The Morgan fingerprint density at radius 3 is 2.31 bits per heavy atom. The van der Waals surface area contributed by atoms with E-state index >= 15 is 0 Å². The Labute approximate surface area is 199 Å². The number of ether oxygens (including phenoxy) is 1. The number of hydrogen-bond donors (Lipinski definition) is 0. The van der Waals surface area contributed by atoms with Gasteiger partial charge in [0.05, 0.1) is 23.6 Å². The van der Waals surface area contributed by atoms with Gasteiger partial charge in [0, 0.05) is 18.4 Å². The largest absolute Gasteiger partial charge is 0.411 e. The predicted molar refractivity (Wildman–Crippen MR) is 127 cm³/mol. The van der Waals surface area contributed by atoms with Gasteiger partial charge in [-0.05, 0) is 55.0 Å². The molecule has 1 aromatic heterocycles. The van der Waals surface area contributed by atoms with Gasteiger partial charge in [0.15, 0.2) is 0 Å². The average molecular weight is 485 g/mol. The number of aromatic nitrogens is 2. The van der Waals surface area contributed by atoms with Crippen molar-refractivity contribution in [2.45, 2.75) is 19.1 Å². The van der Waals surface area contributed by atoms with Crippen LogP contribution in [0.2, 0.25) is 0 Å². The molecule has 0 amide bonds. The van der Waals surface area contributed by atoms with Crippen molar-refractivity contribution >= 4 is 22.3 Å². The number of aryl methyl sites for hydroxylation is 1. The Balaban J connectivity index is 1.78. The van der Waals surface area contributed by atoms with Crippen LogP contribution in [-0.2, 0) is 4.74 Å². The second kappa shape index (κ2) is 9.87. The fourth-order valence-corrected chi connectivity index (χ4v) is 3.97. The van der Waals surface area contributed by atoms with Gasteiger partial charge in [-0.1, -0.05) is 30.3 Å². The van der Waals surface area contributed by atoms with Crippen molar-refractivity contribution in [3.05, 3.63) is 100 Å². The fourth-order valence-electron chi connectivity index (χ4n) is 3.97. The molecule has 0 aliphatic heterocycles. The number of anilines is 2. The zero-order valence-electron chi connectivity index (χ0n) is 19.1. The molecule has 1 heterocycles. The Hall–Kier alpha value is -3.72. The van der Waals surface area contributed by atoms with Gasteiger partial charge < -0.3 is 9.64 Å². The molecule has 9 heteroatoms. The van der Waals surface area contributed by atoms with Crippen molar-refractivity contribution in [1.82, 2.24) is 9.55 Å². The molecule has 0 N–H and O–H groups in total. The standard InChI is InChI=1S/C26H23F4N3O2/c1-17-31-23-13-12-21(32(2)20-10-8-19(27)9-11-20)14-22(23)25(34)33(17)24(15-35-16-26(28,29)30)18-6-4-3-5-7-18/h3-14,24H,15-16H2,1-2H3. The number of benzene rings is 3. The van der Waals surface area contributed by atoms with E-state index in [4.69, 9.17) is 4.74 Å². The zero-order valence-corrected chi connectivity index (χ0v) is 19.1. The summed E-state index contributed by atoms with van der Waals surface area (Å²) in [4.78, 5) is 20.0. The maximum Gasteiger partial charge on any atom is 0.411 e. The molecule has 1 atom stereocenters. The summed E-state index contributed by atoms with van der Waals surface area (Å²) in [7, 11) is 1.78. The smallest absolute Gasteiger partial charge is 0.370 e. The van der Waals surface area contributed by atoms with Crippen molar-refractivity contribution in [3.63, 3.8) is 0 Å². The first-order chi connectivity index (χ1) is 16.6. The lowest BCUT2D eigenvalue weighted by Gasteiger charge is -2.24. The monoisotopic (exact) mass is 485 g/mol. The van der Waals surface area contributed by atoms with Crippen LogP contribution in [0.1, 0.15) is 17.4 Å². The van der Waals surface area contributed by atoms with Crippen LogP contribution in [0.5, 0.6) is 0 Å². The van der Waals surface area contributed by atoms with Crippen LogP contribution >= 0.6 is 0 Å². The molecular weight excluding hydrogens is 462 g/mol. The van der Waals surface area contributed by atoms with E-state index in [1.807, 2.05) is 0 Å². The van der Waals surface area contributed by atoms with Crippen LogP contribution in [-0.4, -0.2) is 36.0 Å². The molecule has 35 heavy (non-hydrogen) atoms. The number of alkyl halides is 3. The van der Waals surface area contributed by atoms with Crippen molar-refractivity contribution in [1.29, 1.82) is 0 Å². The second-order valence-electron chi connectivity index (χ2n) is 8.13. The summed E-state index contributed by atoms with van der Waals surface area (Å²) in [5.41, 5.74) is 2.08. The Morgan fingerprint density at radius 1 is 1.00 bits per heavy atom. The van der Waals surface area contributed by atoms with Gasteiger partial charge in [-0.3, -0.25) is 9.36 Å². The predicted octanol–water partition coefficient (Wildman–Crippen LogP) is 5.78. The molecule has 3 aromatic carbocycles. The van der Waals surface area contributed by atoms with E-state index in [1.165, 1.54) is 16.7 Å². The highest BCUT2D eigenvalue weighted by molar-refractivity contribution is 5.83. The van der Waals surface area contributed by atoms with Gasteiger partial charge in [0.2, 0.25) is 0 Å². The van der Waals surface area contributed by atoms with E-state index in [1.54, 1.807) is 79.5 Å². The van der Waals surface area contributed by atoms with Gasteiger partial charge in [-0.2, -0.15) is 13.2 Å². The van der Waals surface area contributed by atoms with E-state index in [-0.39, 0.29) is 12.4 Å². The molecule has 0 fully saturated rings. The number of rotatable bonds is 7. The summed E-state index contributed by atoms with van der Waals surface area (Å²) >= 11 is 0. The average Bonchev–Trinajstić information content (AvgIpc) is 2.83. The lowest BCUT2D eigenvalue weighted by molar-refractivity contribution is -0.175. The lowest BCUT2D eigenvalue weighted by Crippen LogP contribution is -2.32. The van der Waals surface area contributed by atoms with Gasteiger partial charge >= 0.3 is 6.18 Å². The maximum atomic E-state index is 13.7. The number of hydrogen-bond acceptors (Lipinski definition) is 4. The highest BCUT2D eigenvalue weighted by Gasteiger charge is 2.29. The normalized spacial score (nSPS) is 12.6. The third-order valence-electron chi connectivity index (χ3n) is 5.70. The van der Waals surface area contributed by atoms with Crippen LogP contribution < -0.4 is 10.5 Å². The summed E-state index contributed by atoms with van der Waals surface area (Å²) in [6.07, 6.45) is -4.48. The first kappa shape index (κ1) is 24.4. The maximum absolute atomic E-state index is 13.7. The number of nitrogens with zero attached hydrogens (tertiary/aromatic N) is 3. The first-order valence-electron chi connectivity index (χ1n) is 10.9. The topological polar surface area (TPSA) is 47.4 Å². The Bertz CT molecular complexity index is 1370. The van der Waals surface area contributed by atoms with E-state index in [0.29, 0.717) is 33.7 Å². The van der Waals surface area contributed by atoms with Crippen molar-refractivity contribution in [2.24, 2.45) is 0 Å². The molecule has 0 saturated heterocycles. The molecule has 0 radical (unpaired) electrons. The van der Waals surface area contributed by atoms with E-state index in [0.717, 1.165) is 0 Å². The number of fused-ring (bicyclic) bond motifs is 1. The summed E-state index contributed by atoms with van der Waals surface area (Å²) < 4.78 is 57.8. The van der Waals surface area contributed by atoms with E-state index in [2.05, 4.69) is 4.98 Å². The van der Waals surface area contributed by atoms with Crippen LogP contribution in [0.4, 0.5) is 28.9 Å².